The average Bonchev–Trinajstić information content (AvgIpc) is 2.44. The molecule has 1 amide bonds. The molecule has 2 rings (SSSR count). The Bertz CT molecular complexity index is 644. The molecule has 0 atom stereocenters. The van der Waals surface area contributed by atoms with Gasteiger partial charge in [-0.2, -0.15) is 0 Å². The normalized spacial score (nSPS) is 10.2. The van der Waals surface area contributed by atoms with Crippen molar-refractivity contribution in [2.75, 3.05) is 17.7 Å². The molecule has 0 aliphatic carbocycles. The van der Waals surface area contributed by atoms with E-state index in [1.54, 1.807) is 37.3 Å². The zero-order valence-electron chi connectivity index (χ0n) is 11.7. The number of amides is 1. The molecule has 2 aromatic carbocycles. The van der Waals surface area contributed by atoms with Gasteiger partial charge in [0.05, 0.1) is 24.4 Å². The van der Waals surface area contributed by atoms with E-state index in [1.165, 1.54) is 12.1 Å². The molecule has 0 radical (unpaired) electrons. The van der Waals surface area contributed by atoms with Crippen LogP contribution in [0.3, 0.4) is 0 Å². The highest BCUT2D eigenvalue weighted by atomic mass is 19.1. The predicted octanol–water partition coefficient (Wildman–Crippen LogP) is 3.12. The molecule has 0 bridgehead atoms. The van der Waals surface area contributed by atoms with Crippen LogP contribution in [0.25, 0.3) is 0 Å². The molecule has 0 unspecified atom stereocenters. The number of para-hydroxylation sites is 2. The van der Waals surface area contributed by atoms with Gasteiger partial charge in [0.1, 0.15) is 11.6 Å². The topological polar surface area (TPSA) is 64.3 Å². The molecule has 110 valence electrons. The van der Waals surface area contributed by atoms with Crippen LogP contribution in [0.1, 0.15) is 12.0 Å². The van der Waals surface area contributed by atoms with Crippen LogP contribution in [0.15, 0.2) is 42.5 Å². The summed E-state index contributed by atoms with van der Waals surface area (Å²) in [6, 6.07) is 11.3. The third kappa shape index (κ3) is 4.21. The quantitative estimate of drug-likeness (QED) is 0.831. The minimum absolute atomic E-state index is 0.186. The molecule has 0 heterocycles. The Hall–Kier alpha value is -2.56. The van der Waals surface area contributed by atoms with E-state index in [0.29, 0.717) is 22.7 Å². The maximum absolute atomic E-state index is 12.9. The second kappa shape index (κ2) is 6.74. The highest BCUT2D eigenvalue weighted by molar-refractivity contribution is 5.93. The van der Waals surface area contributed by atoms with Crippen LogP contribution in [-0.2, 0) is 4.79 Å². The van der Waals surface area contributed by atoms with Crippen molar-refractivity contribution in [3.8, 4) is 5.75 Å². The van der Waals surface area contributed by atoms with Crippen molar-refractivity contribution < 1.29 is 13.9 Å². The number of hydrogen-bond donors (Lipinski definition) is 2. The highest BCUT2D eigenvalue weighted by Gasteiger charge is 2.06. The number of benzene rings is 2. The molecular weight excluding hydrogens is 271 g/mol. The van der Waals surface area contributed by atoms with Gasteiger partial charge in [0.15, 0.2) is 0 Å². The summed E-state index contributed by atoms with van der Waals surface area (Å²) in [5, 5.41) is 2.72. The van der Waals surface area contributed by atoms with E-state index < -0.39 is 0 Å². The first-order chi connectivity index (χ1) is 10.1. The number of ether oxygens (including phenoxy) is 1. The van der Waals surface area contributed by atoms with Gasteiger partial charge in [-0.1, -0.05) is 12.1 Å². The molecule has 0 saturated carbocycles. The van der Waals surface area contributed by atoms with Crippen LogP contribution in [-0.4, -0.2) is 12.5 Å². The summed E-state index contributed by atoms with van der Waals surface area (Å²) < 4.78 is 18.4. The number of nitrogens with two attached hydrogens (primary N) is 1. The monoisotopic (exact) mass is 288 g/mol. The zero-order chi connectivity index (χ0) is 15.2. The summed E-state index contributed by atoms with van der Waals surface area (Å²) in [5.41, 5.74) is 7.54. The number of hydrogen-bond acceptors (Lipinski definition) is 3. The van der Waals surface area contributed by atoms with E-state index in [0.717, 1.165) is 0 Å². The molecule has 0 spiro atoms. The van der Waals surface area contributed by atoms with Crippen molar-refractivity contribution in [1.82, 2.24) is 0 Å². The number of halogens is 1. The Kier molecular flexibility index (Phi) is 4.77. The van der Waals surface area contributed by atoms with Crippen molar-refractivity contribution in [2.45, 2.75) is 13.3 Å². The van der Waals surface area contributed by atoms with E-state index in [1.807, 2.05) is 0 Å². The lowest BCUT2D eigenvalue weighted by molar-refractivity contribution is -0.116. The zero-order valence-corrected chi connectivity index (χ0v) is 11.7. The second-order valence-electron chi connectivity index (χ2n) is 4.64. The number of carbonyl (C=O) groups is 1. The fourth-order valence-corrected chi connectivity index (χ4v) is 1.85. The number of nitrogen functional groups attached to an aromatic ring is 1. The van der Waals surface area contributed by atoms with Gasteiger partial charge >= 0.3 is 0 Å². The molecule has 5 heteroatoms. The van der Waals surface area contributed by atoms with Gasteiger partial charge in [-0.3, -0.25) is 4.79 Å². The van der Waals surface area contributed by atoms with Gasteiger partial charge in [0.2, 0.25) is 5.91 Å². The van der Waals surface area contributed by atoms with E-state index in [-0.39, 0.29) is 24.8 Å². The lowest BCUT2D eigenvalue weighted by Gasteiger charge is -2.10. The fourth-order valence-electron chi connectivity index (χ4n) is 1.85. The summed E-state index contributed by atoms with van der Waals surface area (Å²) in [7, 11) is 0. The lowest BCUT2D eigenvalue weighted by Crippen LogP contribution is -2.16. The summed E-state index contributed by atoms with van der Waals surface area (Å²) in [6.45, 7) is 1.97. The summed E-state index contributed by atoms with van der Waals surface area (Å²) in [5.74, 6) is 0.0771. The summed E-state index contributed by atoms with van der Waals surface area (Å²) in [4.78, 5) is 11.8. The van der Waals surface area contributed by atoms with Gasteiger partial charge in [0.25, 0.3) is 0 Å². The first-order valence-electron chi connectivity index (χ1n) is 6.59. The molecule has 4 nitrogen and oxygen atoms in total. The molecule has 0 aliphatic rings. The fraction of sp³-hybridized carbons (Fsp3) is 0.188. The Morgan fingerprint density at radius 1 is 1.29 bits per heavy atom. The van der Waals surface area contributed by atoms with Crippen molar-refractivity contribution in [3.05, 3.63) is 53.8 Å². The summed E-state index contributed by atoms with van der Waals surface area (Å²) in [6.07, 6.45) is 0.186. The second-order valence-corrected chi connectivity index (χ2v) is 4.64. The van der Waals surface area contributed by atoms with Crippen molar-refractivity contribution in [3.63, 3.8) is 0 Å². The Balaban J connectivity index is 1.83. The van der Waals surface area contributed by atoms with Crippen LogP contribution < -0.4 is 15.8 Å². The number of carbonyl (C=O) groups excluding carboxylic acids is 1. The molecular formula is C16H17FN2O2. The number of rotatable bonds is 5. The lowest BCUT2D eigenvalue weighted by atomic mass is 10.2. The Labute approximate surface area is 122 Å². The SMILES string of the molecule is Cc1cc(F)ccc1OCCC(=O)Nc1ccccc1N. The molecule has 21 heavy (non-hydrogen) atoms. The van der Waals surface area contributed by atoms with E-state index >= 15 is 0 Å². The number of aryl methyl sites for hydroxylation is 1. The molecule has 0 saturated heterocycles. The largest absolute Gasteiger partial charge is 0.493 e. The average molecular weight is 288 g/mol. The minimum Gasteiger partial charge on any atom is -0.493 e. The van der Waals surface area contributed by atoms with Gasteiger partial charge < -0.3 is 15.8 Å². The third-order valence-corrected chi connectivity index (χ3v) is 2.96. The van der Waals surface area contributed by atoms with E-state index in [2.05, 4.69) is 5.32 Å². The van der Waals surface area contributed by atoms with Crippen LogP contribution in [0.4, 0.5) is 15.8 Å². The molecule has 0 aromatic heterocycles. The van der Waals surface area contributed by atoms with Gasteiger partial charge in [0, 0.05) is 0 Å². The first kappa shape index (κ1) is 14.8. The summed E-state index contributed by atoms with van der Waals surface area (Å²) >= 11 is 0. The Morgan fingerprint density at radius 3 is 2.76 bits per heavy atom. The Morgan fingerprint density at radius 2 is 2.05 bits per heavy atom. The minimum atomic E-state index is -0.308. The van der Waals surface area contributed by atoms with E-state index in [4.69, 9.17) is 10.5 Å². The maximum atomic E-state index is 12.9. The maximum Gasteiger partial charge on any atom is 0.227 e. The van der Waals surface area contributed by atoms with Crippen LogP contribution in [0.2, 0.25) is 0 Å². The third-order valence-electron chi connectivity index (χ3n) is 2.96. The van der Waals surface area contributed by atoms with Gasteiger partial charge in [-0.25, -0.2) is 4.39 Å². The predicted molar refractivity (Wildman–Crippen MR) is 80.7 cm³/mol. The standard InChI is InChI=1S/C16H17FN2O2/c1-11-10-12(17)6-7-15(11)21-9-8-16(20)19-14-5-3-2-4-13(14)18/h2-7,10H,8-9,18H2,1H3,(H,19,20). The van der Waals surface area contributed by atoms with Crippen molar-refractivity contribution in [1.29, 1.82) is 0 Å². The van der Waals surface area contributed by atoms with Gasteiger partial charge in [-0.15, -0.1) is 0 Å². The van der Waals surface area contributed by atoms with Crippen LogP contribution in [0.5, 0.6) is 5.75 Å². The van der Waals surface area contributed by atoms with Crippen molar-refractivity contribution >= 4 is 17.3 Å². The number of anilines is 2. The highest BCUT2D eigenvalue weighted by Crippen LogP contribution is 2.19. The van der Waals surface area contributed by atoms with Gasteiger partial charge in [-0.05, 0) is 42.8 Å². The molecule has 2 aromatic rings. The van der Waals surface area contributed by atoms with Crippen LogP contribution >= 0.6 is 0 Å². The first-order valence-corrected chi connectivity index (χ1v) is 6.59. The molecule has 0 aliphatic heterocycles. The van der Waals surface area contributed by atoms with Crippen molar-refractivity contribution in [2.24, 2.45) is 0 Å². The van der Waals surface area contributed by atoms with Crippen LogP contribution in [0, 0.1) is 12.7 Å². The number of nitrogens with one attached hydrogen (secondary N) is 1. The smallest absolute Gasteiger partial charge is 0.227 e. The van der Waals surface area contributed by atoms with E-state index in [9.17, 15) is 9.18 Å². The molecule has 3 N–H and O–H groups in total. The molecule has 0 fully saturated rings.